The number of carbonyl (C=O) groups is 1. The first-order valence-electron chi connectivity index (χ1n) is 7.78. The van der Waals surface area contributed by atoms with Gasteiger partial charge in [0.05, 0.1) is 19.6 Å². The highest BCUT2D eigenvalue weighted by Gasteiger charge is 2.10. The molecule has 0 fully saturated rings. The molecule has 1 unspecified atom stereocenters. The maximum atomic E-state index is 11.4. The van der Waals surface area contributed by atoms with Crippen LogP contribution in [-0.4, -0.2) is 19.2 Å². The standard InChI is InChI=1S/C19H22O4/c1-3-21-19(20)13-15(2)14-22-16-9-11-18(12-10-16)23-17-7-5-4-6-8-17/h4-12,15H,3,13-14H2,1-2H3. The monoisotopic (exact) mass is 314 g/mol. The predicted octanol–water partition coefficient (Wildman–Crippen LogP) is 4.45. The minimum atomic E-state index is -0.185. The third-order valence-corrected chi connectivity index (χ3v) is 3.16. The molecule has 4 nitrogen and oxygen atoms in total. The number of benzene rings is 2. The van der Waals surface area contributed by atoms with Crippen LogP contribution in [0.15, 0.2) is 54.6 Å². The predicted molar refractivity (Wildman–Crippen MR) is 88.9 cm³/mol. The van der Waals surface area contributed by atoms with E-state index in [0.29, 0.717) is 19.6 Å². The summed E-state index contributed by atoms with van der Waals surface area (Å²) in [5.74, 6) is 2.22. The lowest BCUT2D eigenvalue weighted by Crippen LogP contribution is -2.15. The molecule has 122 valence electrons. The van der Waals surface area contributed by atoms with Gasteiger partial charge < -0.3 is 14.2 Å². The Morgan fingerprint density at radius 3 is 2.22 bits per heavy atom. The Bertz CT molecular complexity index is 593. The summed E-state index contributed by atoms with van der Waals surface area (Å²) in [5.41, 5.74) is 0. The summed E-state index contributed by atoms with van der Waals surface area (Å²) < 4.78 is 16.3. The van der Waals surface area contributed by atoms with Gasteiger partial charge in [-0.25, -0.2) is 0 Å². The van der Waals surface area contributed by atoms with E-state index in [2.05, 4.69) is 0 Å². The molecule has 0 radical (unpaired) electrons. The van der Waals surface area contributed by atoms with Crippen molar-refractivity contribution in [2.75, 3.05) is 13.2 Å². The average molecular weight is 314 g/mol. The van der Waals surface area contributed by atoms with Crippen LogP contribution >= 0.6 is 0 Å². The molecule has 0 amide bonds. The van der Waals surface area contributed by atoms with Crippen molar-refractivity contribution in [3.8, 4) is 17.2 Å². The summed E-state index contributed by atoms with van der Waals surface area (Å²) in [4.78, 5) is 11.4. The third kappa shape index (κ3) is 6.02. The molecule has 0 saturated heterocycles. The van der Waals surface area contributed by atoms with Gasteiger partial charge in [-0.2, -0.15) is 0 Å². The molecule has 0 aromatic heterocycles. The van der Waals surface area contributed by atoms with E-state index in [1.165, 1.54) is 0 Å². The molecule has 1 atom stereocenters. The van der Waals surface area contributed by atoms with E-state index in [1.807, 2.05) is 61.5 Å². The highest BCUT2D eigenvalue weighted by Crippen LogP contribution is 2.23. The molecule has 0 bridgehead atoms. The fraction of sp³-hybridized carbons (Fsp3) is 0.316. The van der Waals surface area contributed by atoms with Gasteiger partial charge in [0.25, 0.3) is 0 Å². The van der Waals surface area contributed by atoms with Crippen molar-refractivity contribution in [2.24, 2.45) is 5.92 Å². The molecule has 23 heavy (non-hydrogen) atoms. The van der Waals surface area contributed by atoms with Crippen molar-refractivity contribution in [1.82, 2.24) is 0 Å². The van der Waals surface area contributed by atoms with Crippen molar-refractivity contribution in [3.05, 3.63) is 54.6 Å². The fourth-order valence-corrected chi connectivity index (χ4v) is 2.03. The van der Waals surface area contributed by atoms with E-state index in [4.69, 9.17) is 14.2 Å². The fourth-order valence-electron chi connectivity index (χ4n) is 2.03. The van der Waals surface area contributed by atoms with Crippen molar-refractivity contribution >= 4 is 5.97 Å². The number of carbonyl (C=O) groups excluding carboxylic acids is 1. The number of hydrogen-bond acceptors (Lipinski definition) is 4. The Labute approximate surface area is 137 Å². The lowest BCUT2D eigenvalue weighted by molar-refractivity contribution is -0.144. The maximum Gasteiger partial charge on any atom is 0.306 e. The van der Waals surface area contributed by atoms with E-state index in [0.717, 1.165) is 17.2 Å². The second-order valence-electron chi connectivity index (χ2n) is 5.31. The van der Waals surface area contributed by atoms with Crippen molar-refractivity contribution in [2.45, 2.75) is 20.3 Å². The summed E-state index contributed by atoms with van der Waals surface area (Å²) in [5, 5.41) is 0. The van der Waals surface area contributed by atoms with Crippen LogP contribution in [-0.2, 0) is 9.53 Å². The van der Waals surface area contributed by atoms with Crippen LogP contribution in [0.25, 0.3) is 0 Å². The second-order valence-corrected chi connectivity index (χ2v) is 5.31. The Morgan fingerprint density at radius 1 is 0.957 bits per heavy atom. The summed E-state index contributed by atoms with van der Waals surface area (Å²) >= 11 is 0. The largest absolute Gasteiger partial charge is 0.493 e. The molecule has 2 aromatic rings. The van der Waals surface area contributed by atoms with Crippen molar-refractivity contribution in [3.63, 3.8) is 0 Å². The van der Waals surface area contributed by atoms with Crippen LogP contribution < -0.4 is 9.47 Å². The Balaban J connectivity index is 1.79. The minimum Gasteiger partial charge on any atom is -0.493 e. The van der Waals surface area contributed by atoms with Gasteiger partial charge in [-0.3, -0.25) is 4.79 Å². The zero-order valence-corrected chi connectivity index (χ0v) is 13.5. The van der Waals surface area contributed by atoms with E-state index in [9.17, 15) is 4.79 Å². The number of esters is 1. The number of hydrogen-bond donors (Lipinski definition) is 0. The normalized spacial score (nSPS) is 11.6. The average Bonchev–Trinajstić information content (AvgIpc) is 2.55. The SMILES string of the molecule is CCOC(=O)CC(C)COc1ccc(Oc2ccccc2)cc1. The quantitative estimate of drug-likeness (QED) is 0.675. The van der Waals surface area contributed by atoms with Crippen LogP contribution in [0.2, 0.25) is 0 Å². The molecular formula is C19H22O4. The minimum absolute atomic E-state index is 0.106. The molecular weight excluding hydrogens is 292 g/mol. The molecule has 0 saturated carbocycles. The van der Waals surface area contributed by atoms with Gasteiger partial charge in [0.15, 0.2) is 0 Å². The molecule has 0 heterocycles. The Hall–Kier alpha value is -2.49. The Kier molecular flexibility index (Phi) is 6.48. The van der Waals surface area contributed by atoms with Crippen LogP contribution in [0.5, 0.6) is 17.2 Å². The number of rotatable bonds is 8. The van der Waals surface area contributed by atoms with E-state index in [-0.39, 0.29) is 11.9 Å². The van der Waals surface area contributed by atoms with Gasteiger partial charge in [0, 0.05) is 5.92 Å². The first-order valence-corrected chi connectivity index (χ1v) is 7.78. The topological polar surface area (TPSA) is 44.8 Å². The van der Waals surface area contributed by atoms with Crippen LogP contribution in [0.4, 0.5) is 0 Å². The highest BCUT2D eigenvalue weighted by atomic mass is 16.5. The van der Waals surface area contributed by atoms with Crippen LogP contribution in [0, 0.1) is 5.92 Å². The lowest BCUT2D eigenvalue weighted by Gasteiger charge is -2.13. The molecule has 0 N–H and O–H groups in total. The molecule has 0 aliphatic heterocycles. The van der Waals surface area contributed by atoms with Crippen molar-refractivity contribution in [1.29, 1.82) is 0 Å². The molecule has 0 aliphatic carbocycles. The summed E-state index contributed by atoms with van der Waals surface area (Å²) in [6, 6.07) is 17.0. The second kappa shape index (κ2) is 8.83. The van der Waals surface area contributed by atoms with Gasteiger partial charge in [-0.05, 0) is 43.3 Å². The van der Waals surface area contributed by atoms with E-state index >= 15 is 0 Å². The number of para-hydroxylation sites is 1. The molecule has 2 rings (SSSR count). The molecule has 2 aromatic carbocycles. The van der Waals surface area contributed by atoms with Crippen LogP contribution in [0.1, 0.15) is 20.3 Å². The number of ether oxygens (including phenoxy) is 3. The summed E-state index contributed by atoms with van der Waals surface area (Å²) in [7, 11) is 0. The zero-order valence-electron chi connectivity index (χ0n) is 13.5. The van der Waals surface area contributed by atoms with Gasteiger partial charge in [0.2, 0.25) is 0 Å². The third-order valence-electron chi connectivity index (χ3n) is 3.16. The van der Waals surface area contributed by atoms with Gasteiger partial charge in [0.1, 0.15) is 17.2 Å². The van der Waals surface area contributed by atoms with Crippen molar-refractivity contribution < 1.29 is 19.0 Å². The van der Waals surface area contributed by atoms with Gasteiger partial charge in [-0.15, -0.1) is 0 Å². The zero-order chi connectivity index (χ0) is 16.5. The van der Waals surface area contributed by atoms with Gasteiger partial charge in [-0.1, -0.05) is 25.1 Å². The maximum absolute atomic E-state index is 11.4. The molecule has 0 spiro atoms. The summed E-state index contributed by atoms with van der Waals surface area (Å²) in [6.07, 6.45) is 0.364. The smallest absolute Gasteiger partial charge is 0.306 e. The first kappa shape index (κ1) is 16.9. The molecule has 4 heteroatoms. The summed E-state index contributed by atoms with van der Waals surface area (Å²) in [6.45, 7) is 4.65. The van der Waals surface area contributed by atoms with Gasteiger partial charge >= 0.3 is 5.97 Å². The van der Waals surface area contributed by atoms with E-state index in [1.54, 1.807) is 6.92 Å². The lowest BCUT2D eigenvalue weighted by atomic mass is 10.1. The van der Waals surface area contributed by atoms with E-state index < -0.39 is 0 Å². The first-order chi connectivity index (χ1) is 11.2. The Morgan fingerprint density at radius 2 is 1.57 bits per heavy atom. The highest BCUT2D eigenvalue weighted by molar-refractivity contribution is 5.69. The molecule has 0 aliphatic rings. The van der Waals surface area contributed by atoms with Crippen LogP contribution in [0.3, 0.4) is 0 Å².